The molecule has 0 aliphatic carbocycles. The molecule has 0 amide bonds. The van der Waals surface area contributed by atoms with Crippen molar-refractivity contribution in [3.8, 4) is 0 Å². The summed E-state index contributed by atoms with van der Waals surface area (Å²) >= 11 is 11.9. The first-order valence-electron chi connectivity index (χ1n) is 5.61. The van der Waals surface area contributed by atoms with Crippen molar-refractivity contribution in [2.75, 3.05) is 6.61 Å². The van der Waals surface area contributed by atoms with Crippen molar-refractivity contribution in [2.45, 2.75) is 19.4 Å². The first-order valence-corrected chi connectivity index (χ1v) is 6.37. The average Bonchev–Trinajstić information content (AvgIpc) is 2.85. The number of benzene rings is 1. The van der Waals surface area contributed by atoms with Crippen molar-refractivity contribution >= 4 is 34.2 Å². The largest absolute Gasteiger partial charge is 0.370 e. The van der Waals surface area contributed by atoms with Crippen LogP contribution in [-0.2, 0) is 4.74 Å². The zero-order valence-electron chi connectivity index (χ0n) is 9.34. The quantitative estimate of drug-likeness (QED) is 0.852. The van der Waals surface area contributed by atoms with E-state index in [0.29, 0.717) is 16.0 Å². The molecule has 2 heterocycles. The van der Waals surface area contributed by atoms with Gasteiger partial charge in [0, 0.05) is 6.61 Å². The minimum absolute atomic E-state index is 0.0555. The van der Waals surface area contributed by atoms with Crippen molar-refractivity contribution in [2.24, 2.45) is 5.92 Å². The number of halogens is 2. The molecule has 1 aliphatic rings. The second kappa shape index (κ2) is 4.16. The third-order valence-electron chi connectivity index (χ3n) is 3.20. The molecule has 1 fully saturated rings. The fraction of sp³-hybridized carbons (Fsp3) is 0.417. The predicted octanol–water partition coefficient (Wildman–Crippen LogP) is 3.97. The summed E-state index contributed by atoms with van der Waals surface area (Å²) in [6.45, 7) is 2.97. The summed E-state index contributed by atoms with van der Waals surface area (Å²) in [6, 6.07) is 3.58. The number of imidazole rings is 1. The number of aromatic amines is 1. The lowest BCUT2D eigenvalue weighted by atomic mass is 10.0. The first kappa shape index (κ1) is 11.3. The molecule has 1 aromatic heterocycles. The Balaban J connectivity index is 2.07. The van der Waals surface area contributed by atoms with Crippen LogP contribution in [0.2, 0.25) is 10.0 Å². The van der Waals surface area contributed by atoms with Crippen LogP contribution in [0.3, 0.4) is 0 Å². The Morgan fingerprint density at radius 3 is 2.82 bits per heavy atom. The second-order valence-corrected chi connectivity index (χ2v) is 5.28. The van der Waals surface area contributed by atoms with E-state index in [0.717, 1.165) is 29.9 Å². The van der Waals surface area contributed by atoms with Crippen LogP contribution < -0.4 is 0 Å². The van der Waals surface area contributed by atoms with E-state index in [1.807, 2.05) is 0 Å². The lowest BCUT2D eigenvalue weighted by Crippen LogP contribution is -2.05. The molecule has 1 saturated heterocycles. The molecule has 3 nitrogen and oxygen atoms in total. The lowest BCUT2D eigenvalue weighted by Gasteiger charge is -2.10. The van der Waals surface area contributed by atoms with Gasteiger partial charge in [-0.15, -0.1) is 0 Å². The number of nitrogens with one attached hydrogen (secondary N) is 1. The molecule has 0 spiro atoms. The highest BCUT2D eigenvalue weighted by Crippen LogP contribution is 2.34. The third kappa shape index (κ3) is 1.92. The van der Waals surface area contributed by atoms with E-state index in [9.17, 15) is 0 Å². The molecule has 1 aromatic carbocycles. The Morgan fingerprint density at radius 1 is 1.35 bits per heavy atom. The standard InChI is InChI=1S/C12H12Cl2N2O/c1-6-2-3-17-11(6)12-15-9-4-7(13)8(14)5-10(9)16-12/h4-6,11H,2-3H2,1H3,(H,15,16). The molecule has 2 aromatic rings. The normalized spacial score (nSPS) is 24.6. The number of nitrogens with zero attached hydrogens (tertiary/aromatic N) is 1. The van der Waals surface area contributed by atoms with Gasteiger partial charge in [-0.3, -0.25) is 0 Å². The molecule has 17 heavy (non-hydrogen) atoms. The molecular formula is C12H12Cl2N2O. The van der Waals surface area contributed by atoms with Crippen LogP contribution >= 0.6 is 23.2 Å². The van der Waals surface area contributed by atoms with E-state index in [4.69, 9.17) is 27.9 Å². The van der Waals surface area contributed by atoms with Gasteiger partial charge in [0.15, 0.2) is 0 Å². The van der Waals surface area contributed by atoms with Crippen molar-refractivity contribution in [1.29, 1.82) is 0 Å². The molecule has 1 N–H and O–H groups in total. The molecule has 0 saturated carbocycles. The Bertz CT molecular complexity index is 528. The van der Waals surface area contributed by atoms with Crippen molar-refractivity contribution in [1.82, 2.24) is 9.97 Å². The van der Waals surface area contributed by atoms with Crippen molar-refractivity contribution < 1.29 is 4.74 Å². The van der Waals surface area contributed by atoms with Gasteiger partial charge < -0.3 is 9.72 Å². The molecule has 0 bridgehead atoms. The van der Waals surface area contributed by atoms with Crippen LogP contribution in [-0.4, -0.2) is 16.6 Å². The highest BCUT2D eigenvalue weighted by atomic mass is 35.5. The van der Waals surface area contributed by atoms with Gasteiger partial charge in [-0.2, -0.15) is 0 Å². The number of hydrogen-bond acceptors (Lipinski definition) is 2. The van der Waals surface area contributed by atoms with E-state index in [1.54, 1.807) is 12.1 Å². The van der Waals surface area contributed by atoms with E-state index in [1.165, 1.54) is 0 Å². The summed E-state index contributed by atoms with van der Waals surface area (Å²) in [7, 11) is 0. The van der Waals surface area contributed by atoms with Crippen LogP contribution in [0.5, 0.6) is 0 Å². The summed E-state index contributed by atoms with van der Waals surface area (Å²) in [4.78, 5) is 7.78. The van der Waals surface area contributed by atoms with E-state index in [-0.39, 0.29) is 6.10 Å². The summed E-state index contributed by atoms with van der Waals surface area (Å²) in [6.07, 6.45) is 1.13. The molecule has 3 rings (SSSR count). The van der Waals surface area contributed by atoms with Gasteiger partial charge >= 0.3 is 0 Å². The monoisotopic (exact) mass is 270 g/mol. The molecule has 2 atom stereocenters. The summed E-state index contributed by atoms with van der Waals surface area (Å²) < 4.78 is 5.68. The zero-order chi connectivity index (χ0) is 12.0. The third-order valence-corrected chi connectivity index (χ3v) is 3.92. The Hall–Kier alpha value is -0.770. The Kier molecular flexibility index (Phi) is 2.77. The van der Waals surface area contributed by atoms with Gasteiger partial charge in [0.05, 0.1) is 21.1 Å². The van der Waals surface area contributed by atoms with Crippen LogP contribution in [0, 0.1) is 5.92 Å². The van der Waals surface area contributed by atoms with Crippen LogP contribution in [0.25, 0.3) is 11.0 Å². The van der Waals surface area contributed by atoms with E-state index in [2.05, 4.69) is 16.9 Å². The smallest absolute Gasteiger partial charge is 0.136 e. The van der Waals surface area contributed by atoms with Gasteiger partial charge in [0.25, 0.3) is 0 Å². The number of rotatable bonds is 1. The topological polar surface area (TPSA) is 37.9 Å². The van der Waals surface area contributed by atoms with Gasteiger partial charge in [0.1, 0.15) is 11.9 Å². The van der Waals surface area contributed by atoms with Gasteiger partial charge in [0.2, 0.25) is 0 Å². The Labute approximate surface area is 109 Å². The average molecular weight is 271 g/mol. The maximum Gasteiger partial charge on any atom is 0.136 e. The summed E-state index contributed by atoms with van der Waals surface area (Å²) in [5.41, 5.74) is 1.73. The van der Waals surface area contributed by atoms with Crippen LogP contribution in [0.15, 0.2) is 12.1 Å². The Morgan fingerprint density at radius 2 is 2.12 bits per heavy atom. The highest BCUT2D eigenvalue weighted by Gasteiger charge is 2.28. The molecule has 0 radical (unpaired) electrons. The maximum atomic E-state index is 5.97. The summed E-state index contributed by atoms with van der Waals surface area (Å²) in [5.74, 6) is 1.35. The lowest BCUT2D eigenvalue weighted by molar-refractivity contribution is 0.0883. The molecular weight excluding hydrogens is 259 g/mol. The van der Waals surface area contributed by atoms with Crippen molar-refractivity contribution in [3.63, 3.8) is 0 Å². The van der Waals surface area contributed by atoms with Gasteiger partial charge in [-0.1, -0.05) is 30.1 Å². The van der Waals surface area contributed by atoms with Crippen LogP contribution in [0.1, 0.15) is 25.3 Å². The summed E-state index contributed by atoms with van der Waals surface area (Å²) in [5, 5.41) is 1.06. The zero-order valence-corrected chi connectivity index (χ0v) is 10.8. The highest BCUT2D eigenvalue weighted by molar-refractivity contribution is 6.42. The minimum atomic E-state index is 0.0555. The maximum absolute atomic E-state index is 5.97. The second-order valence-electron chi connectivity index (χ2n) is 4.46. The van der Waals surface area contributed by atoms with Crippen molar-refractivity contribution in [3.05, 3.63) is 28.0 Å². The first-order chi connectivity index (χ1) is 8.15. The van der Waals surface area contributed by atoms with E-state index < -0.39 is 0 Å². The number of H-pyrrole nitrogens is 1. The number of fused-ring (bicyclic) bond motifs is 1. The molecule has 90 valence electrons. The molecule has 2 unspecified atom stereocenters. The SMILES string of the molecule is CC1CCOC1c1nc2cc(Cl)c(Cl)cc2[nH]1. The number of ether oxygens (including phenoxy) is 1. The molecule has 1 aliphatic heterocycles. The minimum Gasteiger partial charge on any atom is -0.370 e. The predicted molar refractivity (Wildman–Crippen MR) is 68.6 cm³/mol. The number of hydrogen-bond donors (Lipinski definition) is 1. The van der Waals surface area contributed by atoms with Crippen LogP contribution in [0.4, 0.5) is 0 Å². The number of aromatic nitrogens is 2. The van der Waals surface area contributed by atoms with E-state index >= 15 is 0 Å². The molecule has 5 heteroatoms. The van der Waals surface area contributed by atoms with Gasteiger partial charge in [-0.05, 0) is 24.5 Å². The fourth-order valence-corrected chi connectivity index (χ4v) is 2.53. The van der Waals surface area contributed by atoms with Gasteiger partial charge in [-0.25, -0.2) is 4.98 Å². The fourth-order valence-electron chi connectivity index (χ4n) is 2.20.